The summed E-state index contributed by atoms with van der Waals surface area (Å²) >= 11 is 3.17. The van der Waals surface area contributed by atoms with Crippen molar-refractivity contribution in [3.63, 3.8) is 0 Å². The van der Waals surface area contributed by atoms with Crippen LogP contribution in [-0.2, 0) is 16.6 Å². The second-order valence-electron chi connectivity index (χ2n) is 8.98. The molecule has 1 amide bonds. The first-order chi connectivity index (χ1) is 14.9. The molecule has 1 aliphatic rings. The number of anilines is 1. The minimum atomic E-state index is -0.139. The van der Waals surface area contributed by atoms with E-state index in [4.69, 9.17) is 4.52 Å². The quantitative estimate of drug-likeness (QED) is 0.473. The van der Waals surface area contributed by atoms with E-state index >= 15 is 0 Å². The normalized spacial score (nSPS) is 15.3. The molecule has 1 saturated carbocycles. The van der Waals surface area contributed by atoms with Crippen LogP contribution in [0, 0.1) is 0 Å². The Hall–Kier alpha value is -2.13. The second kappa shape index (κ2) is 9.56. The molecule has 0 atom stereocenters. The van der Waals surface area contributed by atoms with E-state index in [2.05, 4.69) is 63.5 Å². The Morgan fingerprint density at radius 1 is 1.29 bits per heavy atom. The van der Waals surface area contributed by atoms with Gasteiger partial charge in [-0.2, -0.15) is 0 Å². The SMILES string of the molecule is CC(C)(C)c1cc(NC(=O)CSc2nnc(Cc3cccs3)n2C2CCCCC2)on1. The number of thioether (sulfide) groups is 1. The first-order valence-corrected chi connectivity index (χ1v) is 12.6. The van der Waals surface area contributed by atoms with Crippen molar-refractivity contribution in [1.82, 2.24) is 19.9 Å². The van der Waals surface area contributed by atoms with Crippen LogP contribution in [0.2, 0.25) is 0 Å². The van der Waals surface area contributed by atoms with Crippen molar-refractivity contribution in [2.45, 2.75) is 75.9 Å². The van der Waals surface area contributed by atoms with E-state index in [9.17, 15) is 4.79 Å². The number of nitrogens with zero attached hydrogens (tertiary/aromatic N) is 4. The predicted molar refractivity (Wildman–Crippen MR) is 124 cm³/mol. The minimum Gasteiger partial charge on any atom is -0.338 e. The van der Waals surface area contributed by atoms with Gasteiger partial charge in [0.25, 0.3) is 0 Å². The number of carbonyl (C=O) groups excluding carboxylic acids is 1. The number of thiophene rings is 1. The average molecular weight is 460 g/mol. The van der Waals surface area contributed by atoms with Crippen LogP contribution >= 0.6 is 23.1 Å². The lowest BCUT2D eigenvalue weighted by Gasteiger charge is -2.25. The maximum absolute atomic E-state index is 12.5. The summed E-state index contributed by atoms with van der Waals surface area (Å²) in [4.78, 5) is 13.8. The summed E-state index contributed by atoms with van der Waals surface area (Å²) in [6, 6.07) is 6.39. The number of rotatable bonds is 7. The summed E-state index contributed by atoms with van der Waals surface area (Å²) in [7, 11) is 0. The molecule has 0 bridgehead atoms. The lowest BCUT2D eigenvalue weighted by molar-refractivity contribution is -0.113. The Kier molecular flexibility index (Phi) is 6.81. The van der Waals surface area contributed by atoms with E-state index in [1.807, 2.05) is 0 Å². The van der Waals surface area contributed by atoms with E-state index in [0.717, 1.165) is 35.9 Å². The van der Waals surface area contributed by atoms with Gasteiger partial charge >= 0.3 is 0 Å². The Morgan fingerprint density at radius 2 is 2.10 bits per heavy atom. The molecule has 1 aliphatic carbocycles. The zero-order chi connectivity index (χ0) is 21.8. The summed E-state index contributed by atoms with van der Waals surface area (Å²) in [5.41, 5.74) is 0.682. The molecule has 1 fully saturated rings. The molecule has 4 rings (SSSR count). The topological polar surface area (TPSA) is 85.8 Å². The van der Waals surface area contributed by atoms with Gasteiger partial charge < -0.3 is 9.09 Å². The number of carbonyl (C=O) groups is 1. The molecule has 166 valence electrons. The van der Waals surface area contributed by atoms with Gasteiger partial charge in [-0.1, -0.05) is 63.0 Å². The lowest BCUT2D eigenvalue weighted by atomic mass is 9.92. The second-order valence-corrected chi connectivity index (χ2v) is 11.0. The van der Waals surface area contributed by atoms with Crippen molar-refractivity contribution >= 4 is 34.9 Å². The molecule has 0 saturated heterocycles. The molecular weight excluding hydrogens is 430 g/mol. The maximum atomic E-state index is 12.5. The van der Waals surface area contributed by atoms with E-state index < -0.39 is 0 Å². The summed E-state index contributed by atoms with van der Waals surface area (Å²) in [5, 5.41) is 18.7. The fraction of sp³-hybridized carbons (Fsp3) is 0.545. The van der Waals surface area contributed by atoms with Gasteiger partial charge in [0.2, 0.25) is 11.8 Å². The van der Waals surface area contributed by atoms with Crippen molar-refractivity contribution in [3.05, 3.63) is 40.0 Å². The third-order valence-electron chi connectivity index (χ3n) is 5.46. The van der Waals surface area contributed by atoms with Crippen LogP contribution in [0.1, 0.15) is 75.3 Å². The molecule has 3 aromatic rings. The monoisotopic (exact) mass is 459 g/mol. The van der Waals surface area contributed by atoms with Crippen LogP contribution < -0.4 is 5.32 Å². The molecule has 1 N–H and O–H groups in total. The molecule has 31 heavy (non-hydrogen) atoms. The van der Waals surface area contributed by atoms with Crippen LogP contribution in [-0.4, -0.2) is 31.6 Å². The number of nitrogens with one attached hydrogen (secondary N) is 1. The Bertz CT molecular complexity index is 998. The van der Waals surface area contributed by atoms with Crippen molar-refractivity contribution in [3.8, 4) is 0 Å². The maximum Gasteiger partial charge on any atom is 0.237 e. The molecule has 0 spiro atoms. The standard InChI is InChI=1S/C22H29N5O2S2/c1-22(2,3)17-13-20(29-26-17)23-19(28)14-31-21-25-24-18(12-16-10-7-11-30-16)27(21)15-8-5-4-6-9-15/h7,10-11,13,15H,4-6,8-9,12,14H2,1-3H3,(H,23,28). The Balaban J connectivity index is 1.44. The molecule has 0 aromatic carbocycles. The van der Waals surface area contributed by atoms with Crippen LogP contribution in [0.25, 0.3) is 0 Å². The van der Waals surface area contributed by atoms with Gasteiger partial charge in [0.15, 0.2) is 5.16 Å². The van der Waals surface area contributed by atoms with E-state index in [1.54, 1.807) is 17.4 Å². The van der Waals surface area contributed by atoms with Crippen molar-refractivity contribution in [2.75, 3.05) is 11.1 Å². The van der Waals surface area contributed by atoms with Crippen LogP contribution in [0.5, 0.6) is 0 Å². The third-order valence-corrected chi connectivity index (χ3v) is 7.28. The fourth-order valence-electron chi connectivity index (χ4n) is 3.79. The molecule has 0 unspecified atom stereocenters. The van der Waals surface area contributed by atoms with Gasteiger partial charge in [0, 0.05) is 28.8 Å². The Morgan fingerprint density at radius 3 is 2.77 bits per heavy atom. The first-order valence-electron chi connectivity index (χ1n) is 10.8. The van der Waals surface area contributed by atoms with Gasteiger partial charge in [0.05, 0.1) is 11.4 Å². The number of hydrogen-bond donors (Lipinski definition) is 1. The van der Waals surface area contributed by atoms with E-state index in [0.29, 0.717) is 11.9 Å². The highest BCUT2D eigenvalue weighted by Gasteiger charge is 2.24. The largest absolute Gasteiger partial charge is 0.338 e. The van der Waals surface area contributed by atoms with Crippen LogP contribution in [0.15, 0.2) is 33.3 Å². The van der Waals surface area contributed by atoms with Gasteiger partial charge in [0.1, 0.15) is 5.82 Å². The highest BCUT2D eigenvalue weighted by atomic mass is 32.2. The van der Waals surface area contributed by atoms with Gasteiger partial charge in [-0.15, -0.1) is 21.5 Å². The van der Waals surface area contributed by atoms with Gasteiger partial charge in [-0.3, -0.25) is 10.1 Å². The summed E-state index contributed by atoms with van der Waals surface area (Å²) < 4.78 is 7.55. The van der Waals surface area contributed by atoms with Crippen LogP contribution in [0.3, 0.4) is 0 Å². The molecular formula is C22H29N5O2S2. The molecule has 9 heteroatoms. The Labute approximate surface area is 191 Å². The summed E-state index contributed by atoms with van der Waals surface area (Å²) in [6.07, 6.45) is 6.81. The first kappa shape index (κ1) is 22.1. The minimum absolute atomic E-state index is 0.128. The van der Waals surface area contributed by atoms with E-state index in [-0.39, 0.29) is 17.1 Å². The van der Waals surface area contributed by atoms with Crippen molar-refractivity contribution < 1.29 is 9.32 Å². The smallest absolute Gasteiger partial charge is 0.237 e. The summed E-state index contributed by atoms with van der Waals surface area (Å²) in [6.45, 7) is 6.16. The van der Waals surface area contributed by atoms with Gasteiger partial charge in [-0.25, -0.2) is 0 Å². The molecule has 3 heterocycles. The number of hydrogen-bond acceptors (Lipinski definition) is 7. The van der Waals surface area contributed by atoms with Crippen molar-refractivity contribution in [2.24, 2.45) is 0 Å². The van der Waals surface area contributed by atoms with Crippen LogP contribution in [0.4, 0.5) is 5.88 Å². The molecule has 0 radical (unpaired) electrons. The zero-order valence-electron chi connectivity index (χ0n) is 18.3. The van der Waals surface area contributed by atoms with Gasteiger partial charge in [-0.05, 0) is 24.3 Å². The molecule has 7 nitrogen and oxygen atoms in total. The number of amides is 1. The molecule has 3 aromatic heterocycles. The number of aromatic nitrogens is 4. The highest BCUT2D eigenvalue weighted by molar-refractivity contribution is 7.99. The average Bonchev–Trinajstić information content (AvgIpc) is 3.48. The lowest BCUT2D eigenvalue weighted by Crippen LogP contribution is -2.18. The van der Waals surface area contributed by atoms with Crippen molar-refractivity contribution in [1.29, 1.82) is 0 Å². The zero-order valence-corrected chi connectivity index (χ0v) is 19.9. The molecule has 0 aliphatic heterocycles. The van der Waals surface area contributed by atoms with E-state index in [1.165, 1.54) is 35.9 Å². The fourth-order valence-corrected chi connectivity index (χ4v) is 5.32. The predicted octanol–water partition coefficient (Wildman–Crippen LogP) is 5.45. The highest BCUT2D eigenvalue weighted by Crippen LogP contribution is 2.33. The summed E-state index contributed by atoms with van der Waals surface area (Å²) in [5.74, 6) is 1.47. The third kappa shape index (κ3) is 5.57.